The zero-order chi connectivity index (χ0) is 15.7. The molecule has 7 heteroatoms. The van der Waals surface area contributed by atoms with E-state index in [1.165, 1.54) is 23.5 Å². The van der Waals surface area contributed by atoms with Gasteiger partial charge in [-0.15, -0.1) is 0 Å². The van der Waals surface area contributed by atoms with Gasteiger partial charge in [-0.05, 0) is 59.0 Å². The van der Waals surface area contributed by atoms with E-state index in [1.54, 1.807) is 18.2 Å². The maximum absolute atomic E-state index is 12.7. The number of hydrogen-bond acceptors (Lipinski definition) is 4. The first-order valence-electron chi connectivity index (χ1n) is 6.62. The third kappa shape index (κ3) is 2.87. The number of rotatable bonds is 3. The molecular weight excluding hydrogens is 417 g/mol. The molecule has 5 nitrogen and oxygen atoms in total. The molecule has 0 atom stereocenters. The molecule has 2 aromatic carbocycles. The first kappa shape index (κ1) is 15.4. The van der Waals surface area contributed by atoms with Crippen LogP contribution in [-0.4, -0.2) is 28.7 Å². The summed E-state index contributed by atoms with van der Waals surface area (Å²) in [6, 6.07) is 12.0. The van der Waals surface area contributed by atoms with Gasteiger partial charge < -0.3 is 9.47 Å². The number of halogens is 1. The van der Waals surface area contributed by atoms with Crippen LogP contribution in [0.25, 0.3) is 0 Å². The van der Waals surface area contributed by atoms with Gasteiger partial charge in [0, 0.05) is 16.7 Å². The minimum atomic E-state index is -3.64. The van der Waals surface area contributed by atoms with E-state index in [2.05, 4.69) is 22.6 Å². The third-order valence-electron chi connectivity index (χ3n) is 3.36. The van der Waals surface area contributed by atoms with Crippen LogP contribution in [0.1, 0.15) is 0 Å². The number of nitrogens with zero attached hydrogens (tertiary/aromatic N) is 1. The Morgan fingerprint density at radius 1 is 1.00 bits per heavy atom. The summed E-state index contributed by atoms with van der Waals surface area (Å²) in [5.41, 5.74) is 0.607. The highest BCUT2D eigenvalue weighted by Gasteiger charge is 2.24. The Bertz CT molecular complexity index is 790. The molecule has 0 aromatic heterocycles. The number of sulfonamides is 1. The molecule has 0 saturated heterocycles. The Hall–Kier alpha value is -1.48. The van der Waals surface area contributed by atoms with Gasteiger partial charge in [0.05, 0.1) is 10.6 Å². The van der Waals surface area contributed by atoms with E-state index in [0.717, 1.165) is 3.57 Å². The van der Waals surface area contributed by atoms with E-state index in [-0.39, 0.29) is 4.90 Å². The van der Waals surface area contributed by atoms with Crippen molar-refractivity contribution >= 4 is 38.3 Å². The lowest BCUT2D eigenvalue weighted by Gasteiger charge is -2.22. The lowest BCUT2D eigenvalue weighted by Crippen LogP contribution is -2.26. The van der Waals surface area contributed by atoms with Crippen molar-refractivity contribution in [2.75, 3.05) is 24.6 Å². The van der Waals surface area contributed by atoms with Crippen LogP contribution in [0.15, 0.2) is 47.4 Å². The van der Waals surface area contributed by atoms with E-state index in [0.29, 0.717) is 30.4 Å². The highest BCUT2D eigenvalue weighted by atomic mass is 127. The van der Waals surface area contributed by atoms with Crippen molar-refractivity contribution in [2.24, 2.45) is 0 Å². The van der Waals surface area contributed by atoms with Gasteiger partial charge in [0.25, 0.3) is 10.0 Å². The highest BCUT2D eigenvalue weighted by molar-refractivity contribution is 14.1. The monoisotopic (exact) mass is 431 g/mol. The Balaban J connectivity index is 1.97. The normalized spacial score (nSPS) is 13.7. The van der Waals surface area contributed by atoms with E-state index in [1.807, 2.05) is 12.1 Å². The molecule has 1 heterocycles. The molecule has 0 N–H and O–H groups in total. The molecule has 0 unspecified atom stereocenters. The summed E-state index contributed by atoms with van der Waals surface area (Å²) in [7, 11) is -2.11. The van der Waals surface area contributed by atoms with E-state index in [4.69, 9.17) is 9.47 Å². The quantitative estimate of drug-likeness (QED) is 0.702. The van der Waals surface area contributed by atoms with Crippen LogP contribution in [0.4, 0.5) is 5.69 Å². The minimum Gasteiger partial charge on any atom is -0.486 e. The largest absolute Gasteiger partial charge is 0.486 e. The van der Waals surface area contributed by atoms with Gasteiger partial charge in [0.15, 0.2) is 11.5 Å². The maximum Gasteiger partial charge on any atom is 0.264 e. The lowest BCUT2D eigenvalue weighted by molar-refractivity contribution is 0.171. The molecular formula is C15H14INO4S. The van der Waals surface area contributed by atoms with Gasteiger partial charge in [-0.3, -0.25) is 4.31 Å². The molecule has 0 fully saturated rings. The van der Waals surface area contributed by atoms with Crippen LogP contribution < -0.4 is 13.8 Å². The number of ether oxygens (including phenoxy) is 2. The number of benzene rings is 2. The summed E-state index contributed by atoms with van der Waals surface area (Å²) in [4.78, 5) is 0.179. The molecule has 1 aliphatic rings. The Labute approximate surface area is 143 Å². The van der Waals surface area contributed by atoms with Crippen LogP contribution in [0.3, 0.4) is 0 Å². The second-order valence-corrected chi connectivity index (χ2v) is 7.97. The molecule has 116 valence electrons. The van der Waals surface area contributed by atoms with E-state index in [9.17, 15) is 8.42 Å². The van der Waals surface area contributed by atoms with Gasteiger partial charge in [0.2, 0.25) is 0 Å². The Morgan fingerprint density at radius 2 is 1.64 bits per heavy atom. The minimum absolute atomic E-state index is 0.179. The van der Waals surface area contributed by atoms with Crippen molar-refractivity contribution in [2.45, 2.75) is 4.90 Å². The predicted octanol–water partition coefficient (Wildman–Crippen LogP) is 2.89. The lowest BCUT2D eigenvalue weighted by atomic mass is 10.3. The van der Waals surface area contributed by atoms with Crippen LogP contribution in [-0.2, 0) is 10.0 Å². The second kappa shape index (κ2) is 5.96. The molecule has 0 saturated carbocycles. The van der Waals surface area contributed by atoms with Gasteiger partial charge in [-0.2, -0.15) is 0 Å². The van der Waals surface area contributed by atoms with Crippen molar-refractivity contribution < 1.29 is 17.9 Å². The summed E-state index contributed by atoms with van der Waals surface area (Å²) in [5, 5.41) is 0. The number of fused-ring (bicyclic) bond motifs is 1. The van der Waals surface area contributed by atoms with Crippen LogP contribution in [0, 0.1) is 3.57 Å². The van der Waals surface area contributed by atoms with E-state index >= 15 is 0 Å². The molecule has 0 aliphatic carbocycles. The Morgan fingerprint density at radius 3 is 2.32 bits per heavy atom. The van der Waals surface area contributed by atoms with Gasteiger partial charge in [0.1, 0.15) is 13.2 Å². The van der Waals surface area contributed by atoms with Crippen molar-refractivity contribution in [3.05, 3.63) is 46.0 Å². The molecule has 0 amide bonds. The zero-order valence-corrected chi connectivity index (χ0v) is 14.8. The SMILES string of the molecule is CN(c1ccc(I)cc1)S(=O)(=O)c1ccc2c(c1)OCCO2. The molecule has 0 bridgehead atoms. The van der Waals surface area contributed by atoms with Crippen LogP contribution in [0.2, 0.25) is 0 Å². The standard InChI is InChI=1S/C15H14INO4S/c1-17(12-4-2-11(16)3-5-12)22(18,19)13-6-7-14-15(10-13)21-9-8-20-14/h2-7,10H,8-9H2,1H3. The molecule has 0 radical (unpaired) electrons. The average Bonchev–Trinajstić information content (AvgIpc) is 2.54. The fourth-order valence-corrected chi connectivity index (χ4v) is 3.70. The van der Waals surface area contributed by atoms with Gasteiger partial charge in [-0.1, -0.05) is 0 Å². The molecule has 0 spiro atoms. The number of hydrogen-bond donors (Lipinski definition) is 0. The summed E-state index contributed by atoms with van der Waals surface area (Å²) in [6.07, 6.45) is 0. The van der Waals surface area contributed by atoms with Gasteiger partial charge in [-0.25, -0.2) is 8.42 Å². The van der Waals surface area contributed by atoms with Crippen molar-refractivity contribution in [1.82, 2.24) is 0 Å². The summed E-state index contributed by atoms with van der Waals surface area (Å²) in [6.45, 7) is 0.894. The molecule has 2 aromatic rings. The zero-order valence-electron chi connectivity index (χ0n) is 11.8. The summed E-state index contributed by atoms with van der Waals surface area (Å²) >= 11 is 2.18. The van der Waals surface area contributed by atoms with Crippen molar-refractivity contribution in [1.29, 1.82) is 0 Å². The second-order valence-electron chi connectivity index (χ2n) is 4.75. The smallest absolute Gasteiger partial charge is 0.264 e. The molecule has 22 heavy (non-hydrogen) atoms. The van der Waals surface area contributed by atoms with Crippen molar-refractivity contribution in [3.8, 4) is 11.5 Å². The van der Waals surface area contributed by atoms with E-state index < -0.39 is 10.0 Å². The number of anilines is 1. The summed E-state index contributed by atoms with van der Waals surface area (Å²) in [5.74, 6) is 1.03. The fourth-order valence-electron chi connectivity index (χ4n) is 2.13. The Kier molecular flexibility index (Phi) is 4.18. The first-order valence-corrected chi connectivity index (χ1v) is 9.14. The molecule has 3 rings (SSSR count). The molecule has 1 aliphatic heterocycles. The maximum atomic E-state index is 12.7. The van der Waals surface area contributed by atoms with Crippen LogP contribution in [0.5, 0.6) is 11.5 Å². The van der Waals surface area contributed by atoms with Crippen LogP contribution >= 0.6 is 22.6 Å². The highest BCUT2D eigenvalue weighted by Crippen LogP contribution is 2.33. The van der Waals surface area contributed by atoms with Gasteiger partial charge >= 0.3 is 0 Å². The van der Waals surface area contributed by atoms with Crippen molar-refractivity contribution in [3.63, 3.8) is 0 Å². The fraction of sp³-hybridized carbons (Fsp3) is 0.200. The third-order valence-corrected chi connectivity index (χ3v) is 5.86. The topological polar surface area (TPSA) is 55.8 Å². The average molecular weight is 431 g/mol. The predicted molar refractivity (Wildman–Crippen MR) is 92.2 cm³/mol. The summed E-state index contributed by atoms with van der Waals surface area (Å²) < 4.78 is 38.6. The first-order chi connectivity index (χ1) is 10.5.